The zero-order valence-corrected chi connectivity index (χ0v) is 13.5. The van der Waals surface area contributed by atoms with Crippen LogP contribution in [0.5, 0.6) is 11.5 Å². The maximum absolute atomic E-state index is 12.1. The third-order valence-corrected chi connectivity index (χ3v) is 4.28. The molecule has 0 radical (unpaired) electrons. The number of carbonyl (C=O) groups is 1. The van der Waals surface area contributed by atoms with Crippen LogP contribution in [0.3, 0.4) is 0 Å². The van der Waals surface area contributed by atoms with Crippen LogP contribution in [0.25, 0.3) is 0 Å². The SMILES string of the molecule is COc1ccc([C@@H](C)NC(=O)c2ccc(Cl)s2)cc1OC. The van der Waals surface area contributed by atoms with Gasteiger partial charge in [-0.3, -0.25) is 4.79 Å². The summed E-state index contributed by atoms with van der Waals surface area (Å²) in [4.78, 5) is 12.7. The molecule has 6 heteroatoms. The van der Waals surface area contributed by atoms with Gasteiger partial charge in [-0.05, 0) is 36.8 Å². The molecule has 0 unspecified atom stereocenters. The van der Waals surface area contributed by atoms with E-state index in [1.807, 2.05) is 25.1 Å². The Kier molecular flexibility index (Phi) is 5.09. The molecule has 1 aromatic carbocycles. The van der Waals surface area contributed by atoms with Crippen LogP contribution in [-0.4, -0.2) is 20.1 Å². The number of amides is 1. The summed E-state index contributed by atoms with van der Waals surface area (Å²) in [5.74, 6) is 1.15. The third kappa shape index (κ3) is 3.68. The van der Waals surface area contributed by atoms with Gasteiger partial charge in [0.15, 0.2) is 11.5 Å². The van der Waals surface area contributed by atoms with Crippen molar-refractivity contribution in [1.29, 1.82) is 0 Å². The molecular weight excluding hydrogens is 310 g/mol. The molecule has 0 fully saturated rings. The van der Waals surface area contributed by atoms with Gasteiger partial charge in [-0.15, -0.1) is 11.3 Å². The van der Waals surface area contributed by atoms with Crippen molar-refractivity contribution >= 4 is 28.8 Å². The maximum atomic E-state index is 12.1. The van der Waals surface area contributed by atoms with E-state index in [1.165, 1.54) is 11.3 Å². The van der Waals surface area contributed by atoms with E-state index in [1.54, 1.807) is 26.4 Å². The number of ether oxygens (including phenoxy) is 2. The van der Waals surface area contributed by atoms with Crippen molar-refractivity contribution in [2.24, 2.45) is 0 Å². The highest BCUT2D eigenvalue weighted by Crippen LogP contribution is 2.30. The molecule has 1 N–H and O–H groups in total. The minimum atomic E-state index is -0.154. The lowest BCUT2D eigenvalue weighted by Gasteiger charge is -2.16. The second kappa shape index (κ2) is 6.83. The Bertz CT molecular complexity index is 642. The highest BCUT2D eigenvalue weighted by Gasteiger charge is 2.15. The molecule has 0 aliphatic heterocycles. The average molecular weight is 326 g/mol. The van der Waals surface area contributed by atoms with Gasteiger partial charge in [0, 0.05) is 0 Å². The minimum Gasteiger partial charge on any atom is -0.493 e. The molecular formula is C15H16ClNO3S. The number of methoxy groups -OCH3 is 2. The molecule has 0 bridgehead atoms. The van der Waals surface area contributed by atoms with Crippen molar-refractivity contribution in [3.63, 3.8) is 0 Å². The molecule has 0 aliphatic carbocycles. The van der Waals surface area contributed by atoms with Crippen molar-refractivity contribution in [2.45, 2.75) is 13.0 Å². The number of carbonyl (C=O) groups excluding carboxylic acids is 1. The van der Waals surface area contributed by atoms with Crippen molar-refractivity contribution in [1.82, 2.24) is 5.32 Å². The van der Waals surface area contributed by atoms with E-state index in [2.05, 4.69) is 5.32 Å². The number of nitrogens with one attached hydrogen (secondary N) is 1. The molecule has 0 spiro atoms. The first-order valence-electron chi connectivity index (χ1n) is 6.33. The van der Waals surface area contributed by atoms with Crippen LogP contribution < -0.4 is 14.8 Å². The minimum absolute atomic E-state index is 0.144. The molecule has 1 amide bonds. The lowest BCUT2D eigenvalue weighted by atomic mass is 10.1. The van der Waals surface area contributed by atoms with Gasteiger partial charge < -0.3 is 14.8 Å². The molecule has 1 heterocycles. The van der Waals surface area contributed by atoms with Crippen molar-refractivity contribution in [2.75, 3.05) is 14.2 Å². The summed E-state index contributed by atoms with van der Waals surface area (Å²) >= 11 is 7.09. The van der Waals surface area contributed by atoms with Gasteiger partial charge in [0.05, 0.1) is 29.5 Å². The van der Waals surface area contributed by atoms with E-state index in [9.17, 15) is 4.79 Å². The monoisotopic (exact) mass is 325 g/mol. The van der Waals surface area contributed by atoms with Gasteiger partial charge in [0.1, 0.15) is 0 Å². The summed E-state index contributed by atoms with van der Waals surface area (Å²) in [5, 5.41) is 2.93. The van der Waals surface area contributed by atoms with E-state index < -0.39 is 0 Å². The highest BCUT2D eigenvalue weighted by molar-refractivity contribution is 7.17. The fourth-order valence-electron chi connectivity index (χ4n) is 1.91. The Morgan fingerprint density at radius 3 is 2.48 bits per heavy atom. The van der Waals surface area contributed by atoms with Gasteiger partial charge >= 0.3 is 0 Å². The number of hydrogen-bond acceptors (Lipinski definition) is 4. The zero-order valence-electron chi connectivity index (χ0n) is 12.0. The topological polar surface area (TPSA) is 47.6 Å². The second-order valence-corrected chi connectivity index (χ2v) is 6.13. The number of rotatable bonds is 5. The largest absolute Gasteiger partial charge is 0.493 e. The molecule has 112 valence electrons. The van der Waals surface area contributed by atoms with E-state index in [-0.39, 0.29) is 11.9 Å². The van der Waals surface area contributed by atoms with Gasteiger partial charge in [0.2, 0.25) is 0 Å². The molecule has 0 saturated heterocycles. The smallest absolute Gasteiger partial charge is 0.261 e. The Hall–Kier alpha value is -1.72. The highest BCUT2D eigenvalue weighted by atomic mass is 35.5. The predicted molar refractivity (Wildman–Crippen MR) is 84.8 cm³/mol. The molecule has 0 saturated carbocycles. The fourth-order valence-corrected chi connectivity index (χ4v) is 2.86. The van der Waals surface area contributed by atoms with Gasteiger partial charge in [-0.1, -0.05) is 17.7 Å². The Morgan fingerprint density at radius 2 is 1.90 bits per heavy atom. The normalized spacial score (nSPS) is 11.8. The van der Waals surface area contributed by atoms with Crippen LogP contribution in [0.2, 0.25) is 4.34 Å². The quantitative estimate of drug-likeness (QED) is 0.906. The third-order valence-electron chi connectivity index (χ3n) is 3.05. The lowest BCUT2D eigenvalue weighted by molar-refractivity contribution is 0.0944. The second-order valence-electron chi connectivity index (χ2n) is 4.41. The van der Waals surface area contributed by atoms with Crippen molar-refractivity contribution in [3.05, 3.63) is 45.1 Å². The van der Waals surface area contributed by atoms with Gasteiger partial charge in [-0.25, -0.2) is 0 Å². The number of halogens is 1. The number of hydrogen-bond donors (Lipinski definition) is 1. The standard InChI is InChI=1S/C15H16ClNO3S/c1-9(17-15(18)13-6-7-14(16)21-13)10-4-5-11(19-2)12(8-10)20-3/h4-9H,1-3H3,(H,17,18)/t9-/m1/s1. The molecule has 0 aliphatic rings. The first-order chi connectivity index (χ1) is 10.0. The van der Waals surface area contributed by atoms with Crippen LogP contribution in [0.4, 0.5) is 0 Å². The van der Waals surface area contributed by atoms with Crippen LogP contribution in [0.15, 0.2) is 30.3 Å². The predicted octanol–water partition coefficient (Wildman–Crippen LogP) is 3.91. The maximum Gasteiger partial charge on any atom is 0.261 e. The van der Waals surface area contributed by atoms with E-state index >= 15 is 0 Å². The number of thiophene rings is 1. The molecule has 4 nitrogen and oxygen atoms in total. The molecule has 1 aromatic heterocycles. The Labute approximate surface area is 132 Å². The van der Waals surface area contributed by atoms with E-state index in [4.69, 9.17) is 21.1 Å². The summed E-state index contributed by atoms with van der Waals surface area (Å²) < 4.78 is 11.1. The Morgan fingerprint density at radius 1 is 1.19 bits per heavy atom. The summed E-state index contributed by atoms with van der Waals surface area (Å²) in [5.41, 5.74) is 0.934. The molecule has 2 aromatic rings. The van der Waals surface area contributed by atoms with Crippen LogP contribution in [-0.2, 0) is 0 Å². The summed E-state index contributed by atoms with van der Waals surface area (Å²) in [7, 11) is 3.17. The average Bonchev–Trinajstić information content (AvgIpc) is 2.93. The Balaban J connectivity index is 2.13. The fraction of sp³-hybridized carbons (Fsp3) is 0.267. The molecule has 21 heavy (non-hydrogen) atoms. The molecule has 1 atom stereocenters. The van der Waals surface area contributed by atoms with E-state index in [0.717, 1.165) is 5.56 Å². The van der Waals surface area contributed by atoms with Crippen LogP contribution in [0, 0.1) is 0 Å². The van der Waals surface area contributed by atoms with Crippen LogP contribution >= 0.6 is 22.9 Å². The first kappa shape index (κ1) is 15.7. The van der Waals surface area contributed by atoms with Gasteiger partial charge in [0.25, 0.3) is 5.91 Å². The number of benzene rings is 1. The van der Waals surface area contributed by atoms with Crippen molar-refractivity contribution in [3.8, 4) is 11.5 Å². The van der Waals surface area contributed by atoms with Crippen LogP contribution in [0.1, 0.15) is 28.2 Å². The van der Waals surface area contributed by atoms with Crippen molar-refractivity contribution < 1.29 is 14.3 Å². The first-order valence-corrected chi connectivity index (χ1v) is 7.52. The molecule has 2 rings (SSSR count). The lowest BCUT2D eigenvalue weighted by Crippen LogP contribution is -2.25. The van der Waals surface area contributed by atoms with E-state index in [0.29, 0.717) is 20.7 Å². The summed E-state index contributed by atoms with van der Waals surface area (Å²) in [6.07, 6.45) is 0. The van der Waals surface area contributed by atoms with Gasteiger partial charge in [-0.2, -0.15) is 0 Å². The zero-order chi connectivity index (χ0) is 15.4. The summed E-state index contributed by atoms with van der Waals surface area (Å²) in [6, 6.07) is 8.84. The summed E-state index contributed by atoms with van der Waals surface area (Å²) in [6.45, 7) is 1.91.